The summed E-state index contributed by atoms with van der Waals surface area (Å²) in [5, 5.41) is 6.93. The Bertz CT molecular complexity index is 956. The maximum absolute atomic E-state index is 11.5. The second-order valence-electron chi connectivity index (χ2n) is 9.50. The van der Waals surface area contributed by atoms with Crippen molar-refractivity contribution in [3.05, 3.63) is 36.5 Å². The number of piperidine rings is 1. The van der Waals surface area contributed by atoms with E-state index in [0.717, 1.165) is 74.1 Å². The lowest BCUT2D eigenvalue weighted by Crippen LogP contribution is -2.38. The van der Waals surface area contributed by atoms with Crippen LogP contribution in [0.4, 0.5) is 17.2 Å². The van der Waals surface area contributed by atoms with E-state index in [9.17, 15) is 4.79 Å². The molecule has 0 radical (unpaired) electrons. The first-order valence-electron chi connectivity index (χ1n) is 12.9. The average Bonchev–Trinajstić information content (AvgIpc) is 3.40. The minimum Gasteiger partial charge on any atom is -0.493 e. The standard InChI is InChI=1S/C27H39N5O3/c1-21(33)32-15-9-22(10-16-32)20-29-27-19-24(8-11-28-27)30-23-6-7-25(34-2)26(18-23)35-17-5-14-31-12-3-4-13-31/h6-8,11,18-19,22H,3-5,9-10,12-17,20H2,1-2H3,(H2,28,29,30). The molecule has 2 saturated heterocycles. The zero-order valence-electron chi connectivity index (χ0n) is 21.1. The molecule has 0 unspecified atom stereocenters. The van der Waals surface area contributed by atoms with E-state index in [1.165, 1.54) is 25.9 Å². The quantitative estimate of drug-likeness (QED) is 0.462. The molecule has 8 heteroatoms. The summed E-state index contributed by atoms with van der Waals surface area (Å²) in [6.07, 6.45) is 7.49. The molecular weight excluding hydrogens is 442 g/mol. The number of benzene rings is 1. The highest BCUT2D eigenvalue weighted by molar-refractivity contribution is 5.73. The fraction of sp³-hybridized carbons (Fsp3) is 0.556. The van der Waals surface area contributed by atoms with Crippen LogP contribution in [0.25, 0.3) is 0 Å². The number of carbonyl (C=O) groups is 1. The van der Waals surface area contributed by atoms with Gasteiger partial charge >= 0.3 is 0 Å². The van der Waals surface area contributed by atoms with Crippen molar-refractivity contribution < 1.29 is 14.3 Å². The Hall–Kier alpha value is -3.00. The Morgan fingerprint density at radius 3 is 2.57 bits per heavy atom. The molecule has 2 N–H and O–H groups in total. The third-order valence-corrected chi connectivity index (χ3v) is 6.92. The van der Waals surface area contributed by atoms with E-state index in [4.69, 9.17) is 9.47 Å². The summed E-state index contributed by atoms with van der Waals surface area (Å²) in [4.78, 5) is 20.4. The predicted molar refractivity (Wildman–Crippen MR) is 140 cm³/mol. The fourth-order valence-electron chi connectivity index (χ4n) is 4.82. The van der Waals surface area contributed by atoms with Crippen LogP contribution in [0.2, 0.25) is 0 Å². The van der Waals surface area contributed by atoms with Crippen molar-refractivity contribution in [2.45, 2.75) is 39.0 Å². The molecule has 1 aromatic heterocycles. The van der Waals surface area contributed by atoms with E-state index in [-0.39, 0.29) is 5.91 Å². The van der Waals surface area contributed by atoms with Crippen LogP contribution in [0.15, 0.2) is 36.5 Å². The first kappa shape index (κ1) is 25.1. The first-order chi connectivity index (χ1) is 17.1. The van der Waals surface area contributed by atoms with Crippen LogP contribution >= 0.6 is 0 Å². The summed E-state index contributed by atoms with van der Waals surface area (Å²) in [5.74, 6) is 3.06. The van der Waals surface area contributed by atoms with Gasteiger partial charge in [0.05, 0.1) is 13.7 Å². The minimum absolute atomic E-state index is 0.172. The van der Waals surface area contributed by atoms with Crippen molar-refractivity contribution in [2.24, 2.45) is 5.92 Å². The smallest absolute Gasteiger partial charge is 0.219 e. The monoisotopic (exact) mass is 481 g/mol. The molecule has 0 saturated carbocycles. The summed E-state index contributed by atoms with van der Waals surface area (Å²) in [7, 11) is 1.67. The number of ether oxygens (including phenoxy) is 2. The van der Waals surface area contributed by atoms with E-state index >= 15 is 0 Å². The molecule has 1 aromatic carbocycles. The molecule has 4 rings (SSSR count). The van der Waals surface area contributed by atoms with Gasteiger partial charge < -0.3 is 29.9 Å². The van der Waals surface area contributed by atoms with Gasteiger partial charge in [0.15, 0.2) is 11.5 Å². The van der Waals surface area contributed by atoms with Crippen molar-refractivity contribution in [2.75, 3.05) is 63.6 Å². The number of likely N-dealkylation sites (tertiary alicyclic amines) is 2. The summed E-state index contributed by atoms with van der Waals surface area (Å²) in [6.45, 7) is 8.38. The van der Waals surface area contributed by atoms with Gasteiger partial charge in [0.1, 0.15) is 5.82 Å². The van der Waals surface area contributed by atoms with Crippen LogP contribution in [-0.2, 0) is 4.79 Å². The largest absolute Gasteiger partial charge is 0.493 e. The van der Waals surface area contributed by atoms with E-state index in [1.807, 2.05) is 41.4 Å². The minimum atomic E-state index is 0.172. The van der Waals surface area contributed by atoms with Gasteiger partial charge in [-0.15, -0.1) is 0 Å². The van der Waals surface area contributed by atoms with Crippen molar-refractivity contribution in [3.63, 3.8) is 0 Å². The zero-order valence-corrected chi connectivity index (χ0v) is 21.1. The van der Waals surface area contributed by atoms with Crippen molar-refractivity contribution in [1.29, 1.82) is 0 Å². The Morgan fingerprint density at radius 2 is 1.83 bits per heavy atom. The second-order valence-corrected chi connectivity index (χ2v) is 9.50. The third-order valence-electron chi connectivity index (χ3n) is 6.92. The number of aromatic nitrogens is 1. The van der Waals surface area contributed by atoms with Gasteiger partial charge in [0.2, 0.25) is 5.91 Å². The van der Waals surface area contributed by atoms with Gasteiger partial charge in [-0.2, -0.15) is 0 Å². The van der Waals surface area contributed by atoms with Gasteiger partial charge in [-0.05, 0) is 69.3 Å². The number of pyridine rings is 1. The number of methoxy groups -OCH3 is 1. The molecule has 2 aliphatic heterocycles. The first-order valence-corrected chi connectivity index (χ1v) is 12.9. The Labute approximate surface area is 209 Å². The SMILES string of the molecule is COc1ccc(Nc2ccnc(NCC3CCN(C(C)=O)CC3)c2)cc1OCCCN1CCCC1. The van der Waals surface area contributed by atoms with Gasteiger partial charge in [-0.3, -0.25) is 4.79 Å². The summed E-state index contributed by atoms with van der Waals surface area (Å²) < 4.78 is 11.6. The molecule has 1 amide bonds. The summed E-state index contributed by atoms with van der Waals surface area (Å²) in [5.41, 5.74) is 1.90. The topological polar surface area (TPSA) is 79.0 Å². The molecule has 0 spiro atoms. The molecule has 190 valence electrons. The number of nitrogens with zero attached hydrogens (tertiary/aromatic N) is 3. The molecular formula is C27H39N5O3. The lowest BCUT2D eigenvalue weighted by Gasteiger charge is -2.31. The molecule has 0 bridgehead atoms. The van der Waals surface area contributed by atoms with Gasteiger partial charge in [-0.1, -0.05) is 0 Å². The van der Waals surface area contributed by atoms with Crippen LogP contribution < -0.4 is 20.1 Å². The van der Waals surface area contributed by atoms with Gasteiger partial charge in [-0.25, -0.2) is 4.98 Å². The maximum Gasteiger partial charge on any atom is 0.219 e. The maximum atomic E-state index is 11.5. The van der Waals surface area contributed by atoms with Crippen molar-refractivity contribution in [1.82, 2.24) is 14.8 Å². The Kier molecular flexibility index (Phi) is 9.06. The lowest BCUT2D eigenvalue weighted by molar-refractivity contribution is -0.130. The van der Waals surface area contributed by atoms with E-state index in [2.05, 4.69) is 20.5 Å². The predicted octanol–water partition coefficient (Wildman–Crippen LogP) is 4.37. The third kappa shape index (κ3) is 7.49. The number of amides is 1. The molecule has 0 aliphatic carbocycles. The molecule has 0 atom stereocenters. The summed E-state index contributed by atoms with van der Waals surface area (Å²) in [6, 6.07) is 9.89. The molecule has 3 heterocycles. The van der Waals surface area contributed by atoms with Crippen LogP contribution in [0, 0.1) is 5.92 Å². The van der Waals surface area contributed by atoms with Crippen LogP contribution in [-0.4, -0.2) is 73.7 Å². The summed E-state index contributed by atoms with van der Waals surface area (Å²) >= 11 is 0. The van der Waals surface area contributed by atoms with Crippen molar-refractivity contribution >= 4 is 23.1 Å². The average molecular weight is 482 g/mol. The molecule has 2 aromatic rings. The van der Waals surface area contributed by atoms with E-state index < -0.39 is 0 Å². The molecule has 2 aliphatic rings. The Balaban J connectivity index is 1.28. The number of rotatable bonds is 11. The highest BCUT2D eigenvalue weighted by atomic mass is 16.5. The normalized spacial score (nSPS) is 16.8. The number of anilines is 3. The van der Waals surface area contributed by atoms with Gasteiger partial charge in [0.25, 0.3) is 0 Å². The zero-order chi connectivity index (χ0) is 24.5. The highest BCUT2D eigenvalue weighted by Gasteiger charge is 2.20. The Morgan fingerprint density at radius 1 is 1.06 bits per heavy atom. The van der Waals surface area contributed by atoms with E-state index in [1.54, 1.807) is 14.0 Å². The molecule has 35 heavy (non-hydrogen) atoms. The lowest BCUT2D eigenvalue weighted by atomic mass is 9.97. The van der Waals surface area contributed by atoms with E-state index in [0.29, 0.717) is 12.5 Å². The van der Waals surface area contributed by atoms with Crippen LogP contribution in [0.3, 0.4) is 0 Å². The number of nitrogens with one attached hydrogen (secondary N) is 2. The van der Waals surface area contributed by atoms with Crippen molar-refractivity contribution in [3.8, 4) is 11.5 Å². The molecule has 2 fully saturated rings. The molecule has 8 nitrogen and oxygen atoms in total. The van der Waals surface area contributed by atoms with Gasteiger partial charge in [0, 0.05) is 62.8 Å². The number of hydrogen-bond acceptors (Lipinski definition) is 7. The second kappa shape index (κ2) is 12.6. The highest BCUT2D eigenvalue weighted by Crippen LogP contribution is 2.32. The van der Waals surface area contributed by atoms with Crippen LogP contribution in [0.1, 0.15) is 39.0 Å². The van der Waals surface area contributed by atoms with Crippen LogP contribution in [0.5, 0.6) is 11.5 Å². The number of hydrogen-bond donors (Lipinski definition) is 2. The fourth-order valence-corrected chi connectivity index (χ4v) is 4.82. The number of carbonyl (C=O) groups excluding carboxylic acids is 1.